The molecule has 1 atom stereocenters. The number of alkyl halides is 1. The smallest absolute Gasteiger partial charge is 0.265 e. The number of carbonyl (C=O) groups excluding carboxylic acids is 1. The average Bonchev–Trinajstić information content (AvgIpc) is 2.52. The van der Waals surface area contributed by atoms with Crippen molar-refractivity contribution >= 4 is 27.5 Å². The van der Waals surface area contributed by atoms with Crippen molar-refractivity contribution < 1.29 is 4.79 Å². The Hall–Kier alpha value is -1.16. The molecule has 1 unspecified atom stereocenters. The van der Waals surface area contributed by atoms with Gasteiger partial charge in [0.15, 0.2) is 0 Å². The van der Waals surface area contributed by atoms with E-state index in [9.17, 15) is 4.79 Å². The van der Waals surface area contributed by atoms with Crippen molar-refractivity contribution in [2.75, 3.05) is 7.05 Å². The summed E-state index contributed by atoms with van der Waals surface area (Å²) in [5.74, 6) is -0.0394. The summed E-state index contributed by atoms with van der Waals surface area (Å²) in [6.07, 6.45) is 0. The molecule has 0 bridgehead atoms. The van der Waals surface area contributed by atoms with E-state index < -0.39 is 4.32 Å². The predicted molar refractivity (Wildman–Crippen MR) is 81.8 cm³/mol. The van der Waals surface area contributed by atoms with E-state index in [0.717, 1.165) is 11.3 Å². The molecule has 1 aliphatic rings. The molecule has 1 heterocycles. The Morgan fingerprint density at radius 2 is 1.74 bits per heavy atom. The van der Waals surface area contributed by atoms with Gasteiger partial charge in [-0.05, 0) is 23.5 Å². The van der Waals surface area contributed by atoms with Gasteiger partial charge in [-0.1, -0.05) is 61.0 Å². The van der Waals surface area contributed by atoms with Crippen LogP contribution in [0.15, 0.2) is 29.4 Å². The van der Waals surface area contributed by atoms with E-state index in [1.165, 1.54) is 10.6 Å². The summed E-state index contributed by atoms with van der Waals surface area (Å²) in [7, 11) is 1.68. The third-order valence-electron chi connectivity index (χ3n) is 3.41. The molecule has 19 heavy (non-hydrogen) atoms. The van der Waals surface area contributed by atoms with Crippen LogP contribution in [-0.4, -0.2) is 28.0 Å². The molecule has 1 aromatic carbocycles. The van der Waals surface area contributed by atoms with Crippen molar-refractivity contribution in [2.45, 2.75) is 37.4 Å². The first kappa shape index (κ1) is 14.3. The van der Waals surface area contributed by atoms with Gasteiger partial charge in [0.05, 0.1) is 5.71 Å². The summed E-state index contributed by atoms with van der Waals surface area (Å²) in [5, 5.41) is 5.73. The fourth-order valence-corrected chi connectivity index (χ4v) is 2.72. The third kappa shape index (κ3) is 2.46. The van der Waals surface area contributed by atoms with Crippen molar-refractivity contribution in [3.05, 3.63) is 35.4 Å². The summed E-state index contributed by atoms with van der Waals surface area (Å²) < 4.78 is -0.731. The third-order valence-corrected chi connectivity index (χ3v) is 4.13. The minimum absolute atomic E-state index is 0.0394. The molecule has 0 saturated carbocycles. The maximum Gasteiger partial charge on any atom is 0.265 e. The summed E-state index contributed by atoms with van der Waals surface area (Å²) in [6, 6.07) is 8.27. The largest absolute Gasteiger partial charge is 0.271 e. The van der Waals surface area contributed by atoms with Crippen LogP contribution in [0.1, 0.15) is 38.8 Å². The van der Waals surface area contributed by atoms with Gasteiger partial charge in [-0.15, -0.1) is 0 Å². The Morgan fingerprint density at radius 1 is 1.21 bits per heavy atom. The van der Waals surface area contributed by atoms with Gasteiger partial charge in [0, 0.05) is 7.05 Å². The number of amides is 1. The topological polar surface area (TPSA) is 32.7 Å². The fourth-order valence-electron chi connectivity index (χ4n) is 2.15. The Morgan fingerprint density at radius 3 is 2.11 bits per heavy atom. The molecule has 0 N–H and O–H groups in total. The molecule has 0 aliphatic carbocycles. The zero-order chi connectivity index (χ0) is 14.4. The van der Waals surface area contributed by atoms with Crippen LogP contribution in [0, 0.1) is 0 Å². The molecule has 2 rings (SSSR count). The van der Waals surface area contributed by atoms with Gasteiger partial charge in [0.2, 0.25) is 0 Å². The number of carbonyl (C=O) groups is 1. The van der Waals surface area contributed by atoms with E-state index in [4.69, 9.17) is 0 Å². The lowest BCUT2D eigenvalue weighted by atomic mass is 9.86. The number of hydrogen-bond donors (Lipinski definition) is 0. The van der Waals surface area contributed by atoms with Crippen LogP contribution in [0.4, 0.5) is 0 Å². The van der Waals surface area contributed by atoms with Gasteiger partial charge in [-0.2, -0.15) is 5.10 Å². The van der Waals surface area contributed by atoms with Crippen molar-refractivity contribution in [3.63, 3.8) is 0 Å². The fraction of sp³-hybridized carbons (Fsp3) is 0.467. The standard InChI is InChI=1S/C15H19BrN2O/c1-14(2,3)11-8-6-10(7-9-11)12-15(4,16)13(19)18(5)17-12/h6-9H,1-5H3. The second kappa shape index (κ2) is 4.44. The highest BCUT2D eigenvalue weighted by molar-refractivity contribution is 9.10. The molecule has 0 saturated heterocycles. The van der Waals surface area contributed by atoms with Crippen LogP contribution in [0.3, 0.4) is 0 Å². The summed E-state index contributed by atoms with van der Waals surface area (Å²) in [5.41, 5.74) is 3.14. The Kier molecular flexibility index (Phi) is 3.33. The second-order valence-electron chi connectivity index (χ2n) is 6.11. The number of nitrogens with zero attached hydrogens (tertiary/aromatic N) is 2. The summed E-state index contributed by atoms with van der Waals surface area (Å²) in [6.45, 7) is 8.39. The van der Waals surface area contributed by atoms with Crippen molar-refractivity contribution in [2.24, 2.45) is 5.10 Å². The highest BCUT2D eigenvalue weighted by Gasteiger charge is 2.44. The Balaban J connectivity index is 2.39. The SMILES string of the molecule is CN1N=C(c2ccc(C(C)(C)C)cc2)C(C)(Br)C1=O. The molecule has 0 radical (unpaired) electrons. The monoisotopic (exact) mass is 322 g/mol. The zero-order valence-electron chi connectivity index (χ0n) is 12.0. The van der Waals surface area contributed by atoms with E-state index >= 15 is 0 Å². The first-order chi connectivity index (χ1) is 8.64. The molecule has 0 spiro atoms. The molecule has 1 aromatic rings. The summed E-state index contributed by atoms with van der Waals surface area (Å²) in [4.78, 5) is 12.0. The summed E-state index contributed by atoms with van der Waals surface area (Å²) >= 11 is 3.49. The van der Waals surface area contributed by atoms with E-state index in [1.807, 2.05) is 19.1 Å². The van der Waals surface area contributed by atoms with Gasteiger partial charge < -0.3 is 0 Å². The van der Waals surface area contributed by atoms with Gasteiger partial charge in [-0.3, -0.25) is 4.79 Å². The number of hydrazone groups is 1. The normalized spacial score (nSPS) is 23.8. The van der Waals surface area contributed by atoms with Crippen LogP contribution in [0.2, 0.25) is 0 Å². The van der Waals surface area contributed by atoms with Crippen LogP contribution in [-0.2, 0) is 10.2 Å². The van der Waals surface area contributed by atoms with Crippen molar-refractivity contribution in [1.29, 1.82) is 0 Å². The van der Waals surface area contributed by atoms with Crippen molar-refractivity contribution in [1.82, 2.24) is 5.01 Å². The molecule has 0 fully saturated rings. The van der Waals surface area contributed by atoms with Gasteiger partial charge >= 0.3 is 0 Å². The molecular weight excluding hydrogens is 304 g/mol. The van der Waals surface area contributed by atoms with E-state index in [-0.39, 0.29) is 11.3 Å². The van der Waals surface area contributed by atoms with Gasteiger partial charge in [0.1, 0.15) is 4.32 Å². The predicted octanol–water partition coefficient (Wildman–Crippen LogP) is 3.31. The van der Waals surface area contributed by atoms with Gasteiger partial charge in [0.25, 0.3) is 5.91 Å². The van der Waals surface area contributed by atoms with Crippen LogP contribution < -0.4 is 0 Å². The number of rotatable bonds is 1. The highest BCUT2D eigenvalue weighted by atomic mass is 79.9. The molecule has 4 heteroatoms. The average molecular weight is 323 g/mol. The minimum Gasteiger partial charge on any atom is -0.271 e. The van der Waals surface area contributed by atoms with E-state index in [0.29, 0.717) is 0 Å². The molecule has 1 amide bonds. The molecule has 3 nitrogen and oxygen atoms in total. The van der Waals surface area contributed by atoms with Crippen LogP contribution >= 0.6 is 15.9 Å². The molecule has 0 aromatic heterocycles. The number of benzene rings is 1. The van der Waals surface area contributed by atoms with Crippen molar-refractivity contribution in [3.8, 4) is 0 Å². The maximum atomic E-state index is 12.0. The molecule has 1 aliphatic heterocycles. The maximum absolute atomic E-state index is 12.0. The minimum atomic E-state index is -0.731. The lowest BCUT2D eigenvalue weighted by Crippen LogP contribution is -2.37. The lowest BCUT2D eigenvalue weighted by Gasteiger charge is -2.20. The first-order valence-electron chi connectivity index (χ1n) is 6.31. The second-order valence-corrected chi connectivity index (χ2v) is 7.69. The van der Waals surface area contributed by atoms with E-state index in [1.54, 1.807) is 7.05 Å². The number of halogens is 1. The Bertz CT molecular complexity index is 538. The van der Waals surface area contributed by atoms with E-state index in [2.05, 4.69) is 53.9 Å². The lowest BCUT2D eigenvalue weighted by molar-refractivity contribution is -0.128. The quantitative estimate of drug-likeness (QED) is 0.730. The number of hydrogen-bond acceptors (Lipinski definition) is 2. The molecule has 102 valence electrons. The van der Waals surface area contributed by atoms with Gasteiger partial charge in [-0.25, -0.2) is 5.01 Å². The first-order valence-corrected chi connectivity index (χ1v) is 7.10. The zero-order valence-corrected chi connectivity index (χ0v) is 13.6. The Labute approximate surface area is 122 Å². The molecular formula is C15H19BrN2O. The highest BCUT2D eigenvalue weighted by Crippen LogP contribution is 2.32. The van der Waals surface area contributed by atoms with Crippen LogP contribution in [0.5, 0.6) is 0 Å². The van der Waals surface area contributed by atoms with Crippen LogP contribution in [0.25, 0.3) is 0 Å².